The maximum absolute atomic E-state index is 2.75. The van der Waals surface area contributed by atoms with Crippen LogP contribution in [-0.2, 0) is 0 Å². The minimum absolute atomic E-state index is 0.670. The third-order valence-corrected chi connectivity index (χ3v) is 11.1. The first-order valence-electron chi connectivity index (χ1n) is 14.3. The number of hydrogen-bond donors (Lipinski definition) is 0. The van der Waals surface area contributed by atoms with E-state index >= 15 is 0 Å². The van der Waals surface area contributed by atoms with Crippen molar-refractivity contribution in [2.75, 3.05) is 0 Å². The second-order valence-electron chi connectivity index (χ2n) is 13.1. The normalized spacial score (nSPS) is 46.3. The molecule has 4 saturated carbocycles. The summed E-state index contributed by atoms with van der Waals surface area (Å²) in [7, 11) is 0. The van der Waals surface area contributed by atoms with Gasteiger partial charge in [0.25, 0.3) is 0 Å². The highest BCUT2D eigenvalue weighted by molar-refractivity contribution is 5.09. The molecular weight excluding hydrogens is 360 g/mol. The first-order chi connectivity index (χ1) is 14.3. The van der Waals surface area contributed by atoms with E-state index in [1.54, 1.807) is 44.9 Å². The van der Waals surface area contributed by atoms with Crippen LogP contribution < -0.4 is 0 Å². The van der Waals surface area contributed by atoms with Crippen molar-refractivity contribution in [2.24, 2.45) is 58.2 Å². The third kappa shape index (κ3) is 4.41. The Labute approximate surface area is 190 Å². The third-order valence-electron chi connectivity index (χ3n) is 11.1. The molecular formula is C30H56. The summed E-state index contributed by atoms with van der Waals surface area (Å²) >= 11 is 0. The second kappa shape index (κ2) is 9.87. The molecule has 5 unspecified atom stereocenters. The van der Waals surface area contributed by atoms with Gasteiger partial charge in [0.05, 0.1) is 0 Å². The maximum atomic E-state index is 2.75. The SMILES string of the molecule is CC.CC(C)CCC[C@@H](C)C1CC[C@H]2C3CC[C@H]4CC(C)CCC4(C)[C@H]3CCC12C. The van der Waals surface area contributed by atoms with E-state index in [0.29, 0.717) is 10.8 Å². The fraction of sp³-hybridized carbons (Fsp3) is 1.00. The minimum atomic E-state index is 0.670. The Morgan fingerprint density at radius 2 is 1.43 bits per heavy atom. The van der Waals surface area contributed by atoms with Crippen molar-refractivity contribution in [2.45, 2.75) is 132 Å². The lowest BCUT2D eigenvalue weighted by Crippen LogP contribution is -2.53. The van der Waals surface area contributed by atoms with Crippen LogP contribution in [0.25, 0.3) is 0 Å². The molecule has 0 N–H and O–H groups in total. The molecule has 0 aromatic carbocycles. The van der Waals surface area contributed by atoms with E-state index in [1.165, 1.54) is 32.1 Å². The molecule has 0 bridgehead atoms. The van der Waals surface area contributed by atoms with Gasteiger partial charge in [-0.3, -0.25) is 0 Å². The number of rotatable bonds is 5. The van der Waals surface area contributed by atoms with E-state index in [9.17, 15) is 0 Å². The Balaban J connectivity index is 0.00000124. The zero-order valence-corrected chi connectivity index (χ0v) is 22.1. The largest absolute Gasteiger partial charge is 0.0683 e. The van der Waals surface area contributed by atoms with Crippen LogP contribution in [0.1, 0.15) is 132 Å². The van der Waals surface area contributed by atoms with Crippen molar-refractivity contribution in [3.8, 4) is 0 Å². The molecule has 0 nitrogen and oxygen atoms in total. The van der Waals surface area contributed by atoms with E-state index in [4.69, 9.17) is 0 Å². The number of fused-ring (bicyclic) bond motifs is 5. The molecule has 9 atom stereocenters. The standard InChI is InChI=1S/C28H50.C2H6/c1-19(2)8-7-9-21(4)24-12-13-25-23-11-10-22-18-20(3)14-16-27(22,5)26(23)15-17-28(24,25)6;1-2/h19-26H,7-18H2,1-6H3;1-2H3/t20?,21-,22+,23?,24?,25+,26+,27?,28?;/m1./s1. The smallest absolute Gasteiger partial charge is 0.0264 e. The Bertz CT molecular complexity index is 534. The molecule has 0 radical (unpaired) electrons. The van der Waals surface area contributed by atoms with Gasteiger partial charge in [-0.25, -0.2) is 0 Å². The summed E-state index contributed by atoms with van der Waals surface area (Å²) in [4.78, 5) is 0. The summed E-state index contributed by atoms with van der Waals surface area (Å²) in [5.41, 5.74) is 1.36. The molecule has 4 aliphatic carbocycles. The Morgan fingerprint density at radius 1 is 0.767 bits per heavy atom. The summed E-state index contributed by atoms with van der Waals surface area (Å²) < 4.78 is 0. The van der Waals surface area contributed by atoms with E-state index in [0.717, 1.165) is 47.3 Å². The molecule has 30 heavy (non-hydrogen) atoms. The van der Waals surface area contributed by atoms with Crippen molar-refractivity contribution >= 4 is 0 Å². The Hall–Kier alpha value is 0. The van der Waals surface area contributed by atoms with Gasteiger partial charge >= 0.3 is 0 Å². The lowest BCUT2D eigenvalue weighted by atomic mass is 9.44. The summed E-state index contributed by atoms with van der Waals surface area (Å²) in [6.07, 6.45) is 18.3. The average molecular weight is 417 g/mol. The molecule has 0 saturated heterocycles. The van der Waals surface area contributed by atoms with Gasteiger partial charge < -0.3 is 0 Å². The molecule has 0 heterocycles. The highest BCUT2D eigenvalue weighted by Crippen LogP contribution is 2.68. The van der Waals surface area contributed by atoms with Crippen LogP contribution in [0.4, 0.5) is 0 Å². The van der Waals surface area contributed by atoms with Crippen LogP contribution in [0.15, 0.2) is 0 Å². The second-order valence-corrected chi connectivity index (χ2v) is 13.1. The lowest BCUT2D eigenvalue weighted by Gasteiger charge is -2.61. The van der Waals surface area contributed by atoms with Gasteiger partial charge in [0.15, 0.2) is 0 Å². The van der Waals surface area contributed by atoms with E-state index < -0.39 is 0 Å². The van der Waals surface area contributed by atoms with Gasteiger partial charge in [0.1, 0.15) is 0 Å². The van der Waals surface area contributed by atoms with Crippen molar-refractivity contribution in [3.05, 3.63) is 0 Å². The van der Waals surface area contributed by atoms with Crippen molar-refractivity contribution < 1.29 is 0 Å². The summed E-state index contributed by atoms with van der Waals surface area (Å²) in [5.74, 6) is 8.08. The molecule has 0 aromatic rings. The Kier molecular flexibility index (Phi) is 8.10. The van der Waals surface area contributed by atoms with Gasteiger partial charge in [-0.15, -0.1) is 0 Å². The molecule has 4 aliphatic rings. The monoisotopic (exact) mass is 416 g/mol. The van der Waals surface area contributed by atoms with Crippen molar-refractivity contribution in [1.82, 2.24) is 0 Å². The quantitative estimate of drug-likeness (QED) is 0.418. The van der Waals surface area contributed by atoms with Crippen LogP contribution in [-0.4, -0.2) is 0 Å². The fourth-order valence-electron chi connectivity index (χ4n) is 9.50. The molecule has 4 rings (SSSR count). The van der Waals surface area contributed by atoms with Crippen LogP contribution in [0.3, 0.4) is 0 Å². The van der Waals surface area contributed by atoms with E-state index in [2.05, 4.69) is 41.5 Å². The zero-order valence-electron chi connectivity index (χ0n) is 22.1. The average Bonchev–Trinajstić information content (AvgIpc) is 3.07. The maximum Gasteiger partial charge on any atom is -0.0264 e. The van der Waals surface area contributed by atoms with Gasteiger partial charge in [0.2, 0.25) is 0 Å². The van der Waals surface area contributed by atoms with Gasteiger partial charge in [0, 0.05) is 0 Å². The molecule has 176 valence electrons. The first kappa shape index (κ1) is 24.6. The summed E-state index contributed by atoms with van der Waals surface area (Å²) in [6.45, 7) is 19.4. The van der Waals surface area contributed by atoms with Crippen LogP contribution >= 0.6 is 0 Å². The van der Waals surface area contributed by atoms with E-state index in [-0.39, 0.29) is 0 Å². The van der Waals surface area contributed by atoms with Gasteiger partial charge in [-0.05, 0) is 110 Å². The molecule has 0 spiro atoms. The zero-order chi connectivity index (χ0) is 22.1. The lowest BCUT2D eigenvalue weighted by molar-refractivity contribution is -0.120. The highest BCUT2D eigenvalue weighted by atomic mass is 14.6. The fourth-order valence-corrected chi connectivity index (χ4v) is 9.50. The van der Waals surface area contributed by atoms with Gasteiger partial charge in [-0.1, -0.05) is 81.1 Å². The van der Waals surface area contributed by atoms with Gasteiger partial charge in [-0.2, -0.15) is 0 Å². The number of hydrogen-bond acceptors (Lipinski definition) is 0. The van der Waals surface area contributed by atoms with E-state index in [1.807, 2.05) is 13.8 Å². The Morgan fingerprint density at radius 3 is 2.13 bits per heavy atom. The van der Waals surface area contributed by atoms with Crippen molar-refractivity contribution in [1.29, 1.82) is 0 Å². The molecule has 0 heteroatoms. The predicted octanol–water partition coefficient (Wildman–Crippen LogP) is 9.77. The summed E-state index contributed by atoms with van der Waals surface area (Å²) in [5, 5.41) is 0. The highest BCUT2D eigenvalue weighted by Gasteiger charge is 2.60. The molecule has 4 fully saturated rings. The van der Waals surface area contributed by atoms with Crippen LogP contribution in [0.2, 0.25) is 0 Å². The van der Waals surface area contributed by atoms with Crippen LogP contribution in [0.5, 0.6) is 0 Å². The minimum Gasteiger partial charge on any atom is -0.0683 e. The topological polar surface area (TPSA) is 0 Å². The predicted molar refractivity (Wildman–Crippen MR) is 134 cm³/mol. The molecule has 0 aromatic heterocycles. The summed E-state index contributed by atoms with van der Waals surface area (Å²) in [6, 6.07) is 0. The first-order valence-corrected chi connectivity index (χ1v) is 14.3. The molecule has 0 amide bonds. The molecule has 0 aliphatic heterocycles. The van der Waals surface area contributed by atoms with Crippen LogP contribution in [0, 0.1) is 58.2 Å². The van der Waals surface area contributed by atoms with Crippen molar-refractivity contribution in [3.63, 3.8) is 0 Å².